The third-order valence-electron chi connectivity index (χ3n) is 4.68. The first-order chi connectivity index (χ1) is 12.7. The fraction of sp³-hybridized carbons (Fsp3) is 0.333. The van der Waals surface area contributed by atoms with E-state index in [9.17, 15) is 4.79 Å². The number of hydrogen-bond donors (Lipinski definition) is 2. The van der Waals surface area contributed by atoms with Gasteiger partial charge in [-0.3, -0.25) is 15.1 Å². The minimum absolute atomic E-state index is 0.103. The zero-order chi connectivity index (χ0) is 19.8. The zero-order valence-electron chi connectivity index (χ0n) is 16.4. The summed E-state index contributed by atoms with van der Waals surface area (Å²) in [5, 5.41) is 11.6. The van der Waals surface area contributed by atoms with Gasteiger partial charge in [-0.05, 0) is 57.9 Å². The van der Waals surface area contributed by atoms with Gasteiger partial charge in [-0.1, -0.05) is 12.1 Å². The van der Waals surface area contributed by atoms with Crippen LogP contribution in [0.1, 0.15) is 39.1 Å². The average molecular weight is 363 g/mol. The number of anilines is 1. The van der Waals surface area contributed by atoms with Crippen molar-refractivity contribution in [2.24, 2.45) is 0 Å². The lowest BCUT2D eigenvalue weighted by Gasteiger charge is -2.19. The van der Waals surface area contributed by atoms with E-state index in [2.05, 4.69) is 15.3 Å². The molecular weight excluding hydrogens is 338 g/mol. The number of aromatic nitrogens is 2. The Kier molecular flexibility index (Phi) is 4.83. The molecule has 0 saturated heterocycles. The molecule has 0 unspecified atom stereocenters. The standard InChI is InChI=1S/C21H25N5O/c1-13(2)23-9-8-19(22)26-18-10-15(16-11-24-14(3)25-12-16)6-7-17(18)21(4,5)20(26)27/h6-13,22-23H,1-5H3/b9-8-,22-19?. The third kappa shape index (κ3) is 3.47. The fourth-order valence-electron chi connectivity index (χ4n) is 3.10. The maximum absolute atomic E-state index is 13.0. The maximum Gasteiger partial charge on any atom is 0.242 e. The molecule has 3 rings (SSSR count). The molecule has 0 aliphatic carbocycles. The number of nitrogens with one attached hydrogen (secondary N) is 2. The van der Waals surface area contributed by atoms with E-state index in [0.717, 1.165) is 22.4 Å². The second-order valence-electron chi connectivity index (χ2n) is 7.56. The number of rotatable bonds is 4. The van der Waals surface area contributed by atoms with Gasteiger partial charge in [0.05, 0.1) is 11.1 Å². The summed E-state index contributed by atoms with van der Waals surface area (Å²) in [6.07, 6.45) is 6.87. The molecule has 0 atom stereocenters. The number of benzene rings is 1. The monoisotopic (exact) mass is 363 g/mol. The summed E-state index contributed by atoms with van der Waals surface area (Å²) in [7, 11) is 0. The number of carbonyl (C=O) groups is 1. The van der Waals surface area contributed by atoms with Gasteiger partial charge in [0.1, 0.15) is 11.7 Å². The third-order valence-corrected chi connectivity index (χ3v) is 4.68. The predicted molar refractivity (Wildman–Crippen MR) is 108 cm³/mol. The minimum atomic E-state index is -0.677. The van der Waals surface area contributed by atoms with Gasteiger partial charge in [0.2, 0.25) is 5.91 Å². The Bertz CT molecular complexity index is 913. The second-order valence-corrected chi connectivity index (χ2v) is 7.56. The van der Waals surface area contributed by atoms with Crippen LogP contribution in [-0.4, -0.2) is 27.8 Å². The lowest BCUT2D eigenvalue weighted by atomic mass is 9.85. The smallest absolute Gasteiger partial charge is 0.242 e. The number of carbonyl (C=O) groups excluding carboxylic acids is 1. The fourth-order valence-corrected chi connectivity index (χ4v) is 3.10. The number of hydrogen-bond acceptors (Lipinski definition) is 5. The van der Waals surface area contributed by atoms with Crippen molar-refractivity contribution in [2.75, 3.05) is 4.90 Å². The van der Waals surface area contributed by atoms with Crippen LogP contribution in [0.15, 0.2) is 42.9 Å². The van der Waals surface area contributed by atoms with Crippen LogP contribution < -0.4 is 10.2 Å². The highest BCUT2D eigenvalue weighted by atomic mass is 16.2. The summed E-state index contributed by atoms with van der Waals surface area (Å²) in [5.41, 5.74) is 2.77. The summed E-state index contributed by atoms with van der Waals surface area (Å²) in [6, 6.07) is 6.14. The van der Waals surface area contributed by atoms with E-state index >= 15 is 0 Å². The van der Waals surface area contributed by atoms with Gasteiger partial charge in [-0.2, -0.15) is 0 Å². The summed E-state index contributed by atoms with van der Waals surface area (Å²) >= 11 is 0. The molecule has 0 bridgehead atoms. The molecule has 0 spiro atoms. The normalized spacial score (nSPS) is 15.5. The molecule has 27 heavy (non-hydrogen) atoms. The highest BCUT2D eigenvalue weighted by molar-refractivity contribution is 6.26. The summed E-state index contributed by atoms with van der Waals surface area (Å²) in [6.45, 7) is 9.67. The number of amidine groups is 1. The van der Waals surface area contributed by atoms with Crippen molar-refractivity contribution in [1.82, 2.24) is 15.3 Å². The van der Waals surface area contributed by atoms with E-state index in [4.69, 9.17) is 5.41 Å². The lowest BCUT2D eigenvalue weighted by molar-refractivity contribution is -0.121. The molecule has 2 N–H and O–H groups in total. The van der Waals surface area contributed by atoms with Crippen LogP contribution in [0.5, 0.6) is 0 Å². The van der Waals surface area contributed by atoms with Crippen LogP contribution in [0.2, 0.25) is 0 Å². The molecule has 1 amide bonds. The Morgan fingerprint density at radius 2 is 1.89 bits per heavy atom. The van der Waals surface area contributed by atoms with E-state index in [1.807, 2.05) is 52.8 Å². The van der Waals surface area contributed by atoms with Gasteiger partial charge in [0.15, 0.2) is 0 Å². The maximum atomic E-state index is 13.0. The largest absolute Gasteiger partial charge is 0.389 e. The first kappa shape index (κ1) is 18.8. The summed E-state index contributed by atoms with van der Waals surface area (Å²) in [5.74, 6) is 0.744. The highest BCUT2D eigenvalue weighted by Gasteiger charge is 2.45. The quantitative estimate of drug-likeness (QED) is 0.643. The van der Waals surface area contributed by atoms with Gasteiger partial charge in [-0.15, -0.1) is 0 Å². The van der Waals surface area contributed by atoms with Crippen LogP contribution in [0.25, 0.3) is 11.1 Å². The van der Waals surface area contributed by atoms with Crippen molar-refractivity contribution in [3.05, 3.63) is 54.3 Å². The first-order valence-electron chi connectivity index (χ1n) is 9.01. The molecule has 140 valence electrons. The summed E-state index contributed by atoms with van der Waals surface area (Å²) in [4.78, 5) is 23.0. The Hall–Kier alpha value is -3.02. The predicted octanol–water partition coefficient (Wildman–Crippen LogP) is 3.57. The van der Waals surface area contributed by atoms with Crippen molar-refractivity contribution < 1.29 is 4.79 Å². The van der Waals surface area contributed by atoms with Gasteiger partial charge >= 0.3 is 0 Å². The molecule has 0 fully saturated rings. The molecule has 1 aliphatic rings. The Morgan fingerprint density at radius 1 is 1.22 bits per heavy atom. The van der Waals surface area contributed by atoms with Crippen LogP contribution in [0, 0.1) is 12.3 Å². The summed E-state index contributed by atoms with van der Waals surface area (Å²) < 4.78 is 0. The van der Waals surface area contributed by atoms with Crippen molar-refractivity contribution in [2.45, 2.75) is 46.1 Å². The van der Waals surface area contributed by atoms with Crippen molar-refractivity contribution in [3.8, 4) is 11.1 Å². The SMILES string of the molecule is Cc1ncc(-c2ccc3c(c2)N(C(=N)/C=C\NC(C)C)C(=O)C3(C)C)cn1. The minimum Gasteiger partial charge on any atom is -0.389 e. The zero-order valence-corrected chi connectivity index (χ0v) is 16.4. The van der Waals surface area contributed by atoms with Crippen molar-refractivity contribution >= 4 is 17.4 Å². The van der Waals surface area contributed by atoms with Gasteiger partial charge in [0.25, 0.3) is 0 Å². The molecular formula is C21H25N5O. The number of nitrogens with zero attached hydrogens (tertiary/aromatic N) is 3. The molecule has 1 aliphatic heterocycles. The number of aryl methyl sites for hydroxylation is 1. The van der Waals surface area contributed by atoms with Gasteiger partial charge in [-0.25, -0.2) is 9.97 Å². The van der Waals surface area contributed by atoms with E-state index in [-0.39, 0.29) is 17.8 Å². The van der Waals surface area contributed by atoms with Crippen molar-refractivity contribution in [1.29, 1.82) is 5.41 Å². The van der Waals surface area contributed by atoms with E-state index in [1.54, 1.807) is 24.7 Å². The molecule has 6 nitrogen and oxygen atoms in total. The molecule has 1 aromatic heterocycles. The molecule has 0 saturated carbocycles. The van der Waals surface area contributed by atoms with Crippen LogP contribution in [0.3, 0.4) is 0 Å². The Labute approximate surface area is 159 Å². The van der Waals surface area contributed by atoms with Crippen LogP contribution in [-0.2, 0) is 10.2 Å². The number of amides is 1. The molecule has 2 aromatic rings. The highest BCUT2D eigenvalue weighted by Crippen LogP contribution is 2.43. The van der Waals surface area contributed by atoms with Gasteiger partial charge in [0, 0.05) is 30.2 Å². The van der Waals surface area contributed by atoms with Crippen molar-refractivity contribution in [3.63, 3.8) is 0 Å². The number of fused-ring (bicyclic) bond motifs is 1. The molecule has 1 aromatic carbocycles. The second kappa shape index (κ2) is 6.95. The Morgan fingerprint density at radius 3 is 2.52 bits per heavy atom. The topological polar surface area (TPSA) is 82.0 Å². The van der Waals surface area contributed by atoms with E-state index in [1.165, 1.54) is 4.90 Å². The lowest BCUT2D eigenvalue weighted by Crippen LogP contribution is -2.39. The van der Waals surface area contributed by atoms with Crippen LogP contribution in [0.4, 0.5) is 5.69 Å². The molecule has 0 radical (unpaired) electrons. The van der Waals surface area contributed by atoms with E-state index < -0.39 is 5.41 Å². The molecule has 6 heteroatoms. The molecule has 2 heterocycles. The van der Waals surface area contributed by atoms with Gasteiger partial charge < -0.3 is 5.32 Å². The van der Waals surface area contributed by atoms with E-state index in [0.29, 0.717) is 5.82 Å². The first-order valence-corrected chi connectivity index (χ1v) is 9.01. The average Bonchev–Trinajstić information content (AvgIpc) is 2.81. The van der Waals surface area contributed by atoms with Crippen LogP contribution >= 0.6 is 0 Å². The Balaban J connectivity index is 2.02.